The number of amides is 2. The Kier molecular flexibility index (Phi) is 6.27. The van der Waals surface area contributed by atoms with Crippen LogP contribution in [0.25, 0.3) is 0 Å². The van der Waals surface area contributed by atoms with Crippen LogP contribution in [0.4, 0.5) is 4.79 Å². The minimum absolute atomic E-state index is 0.0623. The van der Waals surface area contributed by atoms with E-state index in [1.165, 1.54) is 5.56 Å². The molecule has 0 spiro atoms. The van der Waals surface area contributed by atoms with Crippen LogP contribution in [0.3, 0.4) is 0 Å². The lowest BCUT2D eigenvalue weighted by molar-refractivity contribution is 0.0545. The zero-order valence-electron chi connectivity index (χ0n) is 15.8. The Morgan fingerprint density at radius 2 is 2.08 bits per heavy atom. The molecule has 1 aliphatic heterocycles. The summed E-state index contributed by atoms with van der Waals surface area (Å²) in [5, 5.41) is 10.5. The van der Waals surface area contributed by atoms with Gasteiger partial charge in [0.2, 0.25) is 0 Å². The summed E-state index contributed by atoms with van der Waals surface area (Å²) in [5.74, 6) is 0.895. The summed E-state index contributed by atoms with van der Waals surface area (Å²) in [6, 6.07) is -0.0385. The Labute approximate surface area is 145 Å². The number of rotatable bonds is 6. The minimum atomic E-state index is -0.101. The molecule has 1 aliphatic rings. The second kappa shape index (κ2) is 8.01. The molecule has 0 bridgehead atoms. The molecule has 24 heavy (non-hydrogen) atoms. The molecule has 6 heteroatoms. The normalized spacial score (nSPS) is 22.0. The lowest BCUT2D eigenvalue weighted by atomic mass is 9.93. The molecule has 2 heterocycles. The van der Waals surface area contributed by atoms with Crippen molar-refractivity contribution in [2.24, 2.45) is 18.9 Å². The zero-order valence-corrected chi connectivity index (χ0v) is 15.8. The van der Waals surface area contributed by atoms with Gasteiger partial charge in [-0.3, -0.25) is 4.68 Å². The van der Waals surface area contributed by atoms with Crippen LogP contribution in [-0.2, 0) is 18.2 Å². The van der Waals surface area contributed by atoms with Crippen LogP contribution in [0.2, 0.25) is 0 Å². The van der Waals surface area contributed by atoms with Gasteiger partial charge in [0.15, 0.2) is 0 Å². The molecular formula is C18H32N4O2. The van der Waals surface area contributed by atoms with Crippen LogP contribution in [0.1, 0.15) is 44.1 Å². The third-order valence-electron chi connectivity index (χ3n) is 4.99. The number of aromatic nitrogens is 2. The van der Waals surface area contributed by atoms with E-state index >= 15 is 0 Å². The fourth-order valence-corrected chi connectivity index (χ4v) is 3.58. The van der Waals surface area contributed by atoms with E-state index in [9.17, 15) is 4.79 Å². The number of nitrogens with zero attached hydrogens (tertiary/aromatic N) is 2. The van der Waals surface area contributed by atoms with E-state index in [1.54, 1.807) is 0 Å². The number of hydrogen-bond acceptors (Lipinski definition) is 3. The van der Waals surface area contributed by atoms with E-state index in [2.05, 4.69) is 36.5 Å². The van der Waals surface area contributed by atoms with Crippen molar-refractivity contribution in [3.8, 4) is 0 Å². The van der Waals surface area contributed by atoms with Crippen LogP contribution in [0.5, 0.6) is 0 Å². The zero-order chi connectivity index (χ0) is 17.9. The van der Waals surface area contributed by atoms with Crippen LogP contribution in [-0.4, -0.2) is 41.1 Å². The summed E-state index contributed by atoms with van der Waals surface area (Å²) in [6.07, 6.45) is 2.07. The van der Waals surface area contributed by atoms with Crippen LogP contribution >= 0.6 is 0 Å². The fourth-order valence-electron chi connectivity index (χ4n) is 3.58. The lowest BCUT2D eigenvalue weighted by Gasteiger charge is -2.23. The van der Waals surface area contributed by atoms with Crippen LogP contribution in [0.15, 0.2) is 0 Å². The summed E-state index contributed by atoms with van der Waals surface area (Å²) in [4.78, 5) is 12.2. The highest BCUT2D eigenvalue weighted by molar-refractivity contribution is 5.74. The van der Waals surface area contributed by atoms with Crippen molar-refractivity contribution in [2.45, 2.75) is 59.6 Å². The molecule has 0 saturated carbocycles. The van der Waals surface area contributed by atoms with Crippen LogP contribution < -0.4 is 10.6 Å². The highest BCUT2D eigenvalue weighted by Gasteiger charge is 2.30. The van der Waals surface area contributed by atoms with Crippen molar-refractivity contribution in [1.29, 1.82) is 0 Å². The Balaban J connectivity index is 1.79. The second-order valence-electron chi connectivity index (χ2n) is 7.36. The molecule has 0 aliphatic carbocycles. The monoisotopic (exact) mass is 336 g/mol. The molecule has 6 nitrogen and oxygen atoms in total. The van der Waals surface area contributed by atoms with Gasteiger partial charge < -0.3 is 15.4 Å². The summed E-state index contributed by atoms with van der Waals surface area (Å²) >= 11 is 0. The topological polar surface area (TPSA) is 68.2 Å². The predicted molar refractivity (Wildman–Crippen MR) is 95.1 cm³/mol. The van der Waals surface area contributed by atoms with E-state index < -0.39 is 0 Å². The van der Waals surface area contributed by atoms with Crippen LogP contribution in [0, 0.1) is 25.7 Å². The van der Waals surface area contributed by atoms with Gasteiger partial charge in [-0.05, 0) is 45.1 Å². The van der Waals surface area contributed by atoms with Crippen molar-refractivity contribution >= 4 is 6.03 Å². The van der Waals surface area contributed by atoms with Gasteiger partial charge in [0.25, 0.3) is 0 Å². The van der Waals surface area contributed by atoms with Crippen molar-refractivity contribution < 1.29 is 9.53 Å². The van der Waals surface area contributed by atoms with E-state index in [0.29, 0.717) is 18.4 Å². The lowest BCUT2D eigenvalue weighted by Crippen LogP contribution is -2.44. The first-order chi connectivity index (χ1) is 11.3. The fraction of sp³-hybridized carbons (Fsp3) is 0.778. The highest BCUT2D eigenvalue weighted by atomic mass is 16.5. The summed E-state index contributed by atoms with van der Waals surface area (Å²) in [7, 11) is 1.95. The second-order valence-corrected chi connectivity index (χ2v) is 7.36. The third kappa shape index (κ3) is 4.50. The summed E-state index contributed by atoms with van der Waals surface area (Å²) in [6.45, 7) is 11.9. The van der Waals surface area contributed by atoms with E-state index in [1.807, 2.05) is 25.6 Å². The average molecular weight is 336 g/mol. The molecule has 0 unspecified atom stereocenters. The molecule has 1 fully saturated rings. The number of carbonyl (C=O) groups excluding carboxylic acids is 1. The van der Waals surface area contributed by atoms with Crippen molar-refractivity contribution in [1.82, 2.24) is 20.4 Å². The predicted octanol–water partition coefficient (Wildman–Crippen LogP) is 2.33. The van der Waals surface area contributed by atoms with Gasteiger partial charge in [-0.25, -0.2) is 4.79 Å². The molecule has 0 radical (unpaired) electrons. The molecule has 1 aromatic heterocycles. The first kappa shape index (κ1) is 18.8. The number of aryl methyl sites for hydroxylation is 2. The summed E-state index contributed by atoms with van der Waals surface area (Å²) < 4.78 is 7.66. The molecule has 0 aromatic carbocycles. The largest absolute Gasteiger partial charge is 0.378 e. The average Bonchev–Trinajstić information content (AvgIpc) is 3.06. The smallest absolute Gasteiger partial charge is 0.315 e. The minimum Gasteiger partial charge on any atom is -0.378 e. The van der Waals surface area contributed by atoms with Gasteiger partial charge in [0.05, 0.1) is 11.8 Å². The standard InChI is InChI=1S/C18H32N4O2/c1-11(2)17-15(7-8-24-17)10-19-18(23)20-12(3)9-16-13(4)21-22(6)14(16)5/h11-12,15,17H,7-10H2,1-6H3,(H2,19,20,23)/t12-,15-,17-/m1/s1. The maximum Gasteiger partial charge on any atom is 0.315 e. The molecule has 136 valence electrons. The SMILES string of the molecule is Cc1nn(C)c(C)c1C[C@@H](C)NC(=O)NC[C@H]1CCO[C@@H]1C(C)C. The Bertz CT molecular complexity index is 568. The number of ether oxygens (including phenoxy) is 1. The summed E-state index contributed by atoms with van der Waals surface area (Å²) in [5.41, 5.74) is 3.41. The van der Waals surface area contributed by atoms with Crippen molar-refractivity contribution in [3.05, 3.63) is 17.0 Å². The highest BCUT2D eigenvalue weighted by Crippen LogP contribution is 2.26. The Morgan fingerprint density at radius 3 is 2.67 bits per heavy atom. The molecule has 2 rings (SSSR count). The van der Waals surface area contributed by atoms with Gasteiger partial charge in [-0.2, -0.15) is 5.10 Å². The van der Waals surface area contributed by atoms with E-state index in [4.69, 9.17) is 4.74 Å². The quantitative estimate of drug-likeness (QED) is 0.838. The first-order valence-electron chi connectivity index (χ1n) is 8.94. The maximum absolute atomic E-state index is 12.2. The number of carbonyl (C=O) groups is 1. The maximum atomic E-state index is 12.2. The first-order valence-corrected chi connectivity index (χ1v) is 8.94. The van der Waals surface area contributed by atoms with Gasteiger partial charge in [0, 0.05) is 37.9 Å². The molecule has 2 amide bonds. The van der Waals surface area contributed by atoms with Gasteiger partial charge in [-0.1, -0.05) is 13.8 Å². The van der Waals surface area contributed by atoms with Gasteiger partial charge in [0.1, 0.15) is 0 Å². The van der Waals surface area contributed by atoms with Crippen molar-refractivity contribution in [2.75, 3.05) is 13.2 Å². The van der Waals surface area contributed by atoms with E-state index in [0.717, 1.165) is 30.8 Å². The number of urea groups is 1. The van der Waals surface area contributed by atoms with Gasteiger partial charge in [-0.15, -0.1) is 0 Å². The third-order valence-corrected chi connectivity index (χ3v) is 4.99. The molecule has 3 atom stereocenters. The Morgan fingerprint density at radius 1 is 1.38 bits per heavy atom. The van der Waals surface area contributed by atoms with Crippen molar-refractivity contribution in [3.63, 3.8) is 0 Å². The number of hydrogen-bond donors (Lipinski definition) is 2. The number of nitrogens with one attached hydrogen (secondary N) is 2. The van der Waals surface area contributed by atoms with Gasteiger partial charge >= 0.3 is 6.03 Å². The molecule has 2 N–H and O–H groups in total. The molecule has 1 aromatic rings. The molecule has 1 saturated heterocycles. The Hall–Kier alpha value is -1.56. The van der Waals surface area contributed by atoms with E-state index in [-0.39, 0.29) is 18.2 Å². The molecular weight excluding hydrogens is 304 g/mol.